The number of rotatable bonds is 3. The van der Waals surface area contributed by atoms with Gasteiger partial charge >= 0.3 is 5.97 Å². The van der Waals surface area contributed by atoms with Gasteiger partial charge in [0.25, 0.3) is 0 Å². The standard InChI is InChI=1S/C17H10Br2FNO3/c1-23-15-10(6-11(18)8-13(15)19)7-14-17(22)24-16(21-14)9-2-4-12(20)5-3-9/h2-8H,1H3. The first kappa shape index (κ1) is 16.9. The topological polar surface area (TPSA) is 47.9 Å². The van der Waals surface area contributed by atoms with Crippen LogP contribution in [0.3, 0.4) is 0 Å². The summed E-state index contributed by atoms with van der Waals surface area (Å²) < 4.78 is 25.1. The summed E-state index contributed by atoms with van der Waals surface area (Å²) in [5, 5.41) is 0. The number of ether oxygens (including phenoxy) is 2. The highest BCUT2D eigenvalue weighted by Crippen LogP contribution is 2.34. The molecule has 0 amide bonds. The van der Waals surface area contributed by atoms with E-state index < -0.39 is 5.97 Å². The van der Waals surface area contributed by atoms with Gasteiger partial charge in [-0.2, -0.15) is 0 Å². The minimum absolute atomic E-state index is 0.137. The average molecular weight is 455 g/mol. The fourth-order valence-corrected chi connectivity index (χ4v) is 3.60. The predicted molar refractivity (Wildman–Crippen MR) is 95.4 cm³/mol. The van der Waals surface area contributed by atoms with Crippen LogP contribution in [0.4, 0.5) is 4.39 Å². The summed E-state index contributed by atoms with van der Waals surface area (Å²) in [6.07, 6.45) is 1.58. The normalized spacial score (nSPS) is 15.4. The van der Waals surface area contributed by atoms with E-state index in [1.807, 2.05) is 6.07 Å². The number of nitrogens with zero attached hydrogens (tertiary/aromatic N) is 1. The Morgan fingerprint density at radius 3 is 2.58 bits per heavy atom. The molecule has 0 radical (unpaired) electrons. The van der Waals surface area contributed by atoms with E-state index in [0.717, 1.165) is 8.95 Å². The molecule has 1 heterocycles. The maximum Gasteiger partial charge on any atom is 0.363 e. The molecule has 24 heavy (non-hydrogen) atoms. The summed E-state index contributed by atoms with van der Waals surface area (Å²) in [5.74, 6) is -0.237. The zero-order chi connectivity index (χ0) is 17.3. The summed E-state index contributed by atoms with van der Waals surface area (Å²) in [5.41, 5.74) is 1.32. The zero-order valence-electron chi connectivity index (χ0n) is 12.3. The van der Waals surface area contributed by atoms with Crippen molar-refractivity contribution in [2.24, 2.45) is 4.99 Å². The van der Waals surface area contributed by atoms with E-state index >= 15 is 0 Å². The molecule has 0 aliphatic carbocycles. The van der Waals surface area contributed by atoms with E-state index in [4.69, 9.17) is 9.47 Å². The number of esters is 1. The molecule has 0 saturated carbocycles. The highest BCUT2D eigenvalue weighted by Gasteiger charge is 2.25. The van der Waals surface area contributed by atoms with Gasteiger partial charge in [-0.1, -0.05) is 15.9 Å². The number of hydrogen-bond acceptors (Lipinski definition) is 4. The largest absolute Gasteiger partial charge is 0.495 e. The molecule has 2 aromatic rings. The second-order valence-corrected chi connectivity index (χ2v) is 6.62. The van der Waals surface area contributed by atoms with Crippen LogP contribution in [0, 0.1) is 5.82 Å². The molecule has 0 unspecified atom stereocenters. The van der Waals surface area contributed by atoms with Crippen molar-refractivity contribution in [2.75, 3.05) is 7.11 Å². The predicted octanol–water partition coefficient (Wildman–Crippen LogP) is 4.70. The average Bonchev–Trinajstić information content (AvgIpc) is 2.88. The molecule has 3 rings (SSSR count). The van der Waals surface area contributed by atoms with Crippen molar-refractivity contribution in [2.45, 2.75) is 0 Å². The first-order valence-electron chi connectivity index (χ1n) is 6.79. The third kappa shape index (κ3) is 3.42. The molecule has 1 aliphatic rings. The molecule has 4 nitrogen and oxygen atoms in total. The van der Waals surface area contributed by atoms with Crippen LogP contribution in [0.15, 0.2) is 56.0 Å². The van der Waals surface area contributed by atoms with Gasteiger partial charge in [0.15, 0.2) is 5.70 Å². The second kappa shape index (κ2) is 6.86. The summed E-state index contributed by atoms with van der Waals surface area (Å²) in [7, 11) is 1.54. The quantitative estimate of drug-likeness (QED) is 0.498. The third-order valence-corrected chi connectivity index (χ3v) is 4.29. The fraction of sp³-hybridized carbons (Fsp3) is 0.0588. The first-order chi connectivity index (χ1) is 11.5. The molecule has 2 aromatic carbocycles. The maximum atomic E-state index is 13.0. The Kier molecular flexibility index (Phi) is 4.82. The Hall–Kier alpha value is -1.99. The van der Waals surface area contributed by atoms with Crippen LogP contribution < -0.4 is 4.74 Å². The number of aliphatic imine (C=N–C) groups is 1. The molecule has 122 valence electrons. The van der Waals surface area contributed by atoms with Gasteiger partial charge in [-0.25, -0.2) is 14.2 Å². The third-order valence-electron chi connectivity index (χ3n) is 3.25. The van der Waals surface area contributed by atoms with Crippen molar-refractivity contribution >= 4 is 49.8 Å². The van der Waals surface area contributed by atoms with Crippen molar-refractivity contribution in [1.29, 1.82) is 0 Å². The van der Waals surface area contributed by atoms with Gasteiger partial charge < -0.3 is 9.47 Å². The van der Waals surface area contributed by atoms with Crippen molar-refractivity contribution in [3.8, 4) is 5.75 Å². The Labute approximate surface area is 154 Å². The minimum atomic E-state index is -0.576. The molecule has 0 atom stereocenters. The van der Waals surface area contributed by atoms with Gasteiger partial charge in [0.1, 0.15) is 11.6 Å². The lowest BCUT2D eigenvalue weighted by atomic mass is 10.1. The highest BCUT2D eigenvalue weighted by molar-refractivity contribution is 9.11. The van der Waals surface area contributed by atoms with Crippen molar-refractivity contribution in [1.82, 2.24) is 0 Å². The Morgan fingerprint density at radius 1 is 1.21 bits per heavy atom. The van der Waals surface area contributed by atoms with Gasteiger partial charge in [0, 0.05) is 15.6 Å². The van der Waals surface area contributed by atoms with Crippen LogP contribution in [0.1, 0.15) is 11.1 Å². The molecule has 0 N–H and O–H groups in total. The van der Waals surface area contributed by atoms with E-state index in [-0.39, 0.29) is 17.4 Å². The van der Waals surface area contributed by atoms with Crippen LogP contribution in [0.2, 0.25) is 0 Å². The van der Waals surface area contributed by atoms with Gasteiger partial charge in [0.2, 0.25) is 5.90 Å². The molecule has 1 aliphatic heterocycles. The number of halogens is 3. The second-order valence-electron chi connectivity index (χ2n) is 4.85. The Morgan fingerprint density at radius 2 is 1.92 bits per heavy atom. The first-order valence-corrected chi connectivity index (χ1v) is 8.38. The molecule has 0 bridgehead atoms. The molecular formula is C17H10Br2FNO3. The van der Waals surface area contributed by atoms with Crippen molar-refractivity contribution < 1.29 is 18.7 Å². The van der Waals surface area contributed by atoms with E-state index in [0.29, 0.717) is 16.9 Å². The number of carbonyl (C=O) groups is 1. The maximum absolute atomic E-state index is 13.0. The summed E-state index contributed by atoms with van der Waals surface area (Å²) >= 11 is 6.80. The van der Waals surface area contributed by atoms with Gasteiger partial charge in [0.05, 0.1) is 11.6 Å². The number of benzene rings is 2. The lowest BCUT2D eigenvalue weighted by molar-refractivity contribution is -0.129. The number of methoxy groups -OCH3 is 1. The van der Waals surface area contributed by atoms with Gasteiger partial charge in [-0.15, -0.1) is 0 Å². The SMILES string of the molecule is COc1c(Br)cc(Br)cc1C=C1N=C(c2ccc(F)cc2)OC1=O. The zero-order valence-corrected chi connectivity index (χ0v) is 15.5. The molecule has 0 saturated heterocycles. The van der Waals surface area contributed by atoms with Crippen LogP contribution in [-0.2, 0) is 9.53 Å². The highest BCUT2D eigenvalue weighted by atomic mass is 79.9. The van der Waals surface area contributed by atoms with E-state index in [1.54, 1.807) is 12.1 Å². The van der Waals surface area contributed by atoms with E-state index in [2.05, 4.69) is 36.9 Å². The minimum Gasteiger partial charge on any atom is -0.495 e. The lowest BCUT2D eigenvalue weighted by Crippen LogP contribution is -2.05. The number of cyclic esters (lactones) is 1. The number of carbonyl (C=O) groups excluding carboxylic acids is 1. The van der Waals surface area contributed by atoms with E-state index in [1.165, 1.54) is 31.4 Å². The van der Waals surface area contributed by atoms with Crippen molar-refractivity contribution in [3.63, 3.8) is 0 Å². The van der Waals surface area contributed by atoms with Gasteiger partial charge in [-0.05, 0) is 58.4 Å². The van der Waals surface area contributed by atoms with Crippen molar-refractivity contribution in [3.05, 3.63) is 68.0 Å². The summed E-state index contributed by atoms with van der Waals surface area (Å²) in [6.45, 7) is 0. The van der Waals surface area contributed by atoms with Crippen LogP contribution >= 0.6 is 31.9 Å². The molecule has 0 spiro atoms. The molecule has 0 aromatic heterocycles. The van der Waals surface area contributed by atoms with Crippen LogP contribution in [-0.4, -0.2) is 19.0 Å². The molecule has 0 fully saturated rings. The van der Waals surface area contributed by atoms with Crippen LogP contribution in [0.25, 0.3) is 6.08 Å². The smallest absolute Gasteiger partial charge is 0.363 e. The lowest BCUT2D eigenvalue weighted by Gasteiger charge is -2.08. The fourth-order valence-electron chi connectivity index (χ4n) is 2.18. The molecular weight excluding hydrogens is 445 g/mol. The molecule has 7 heteroatoms. The van der Waals surface area contributed by atoms with E-state index in [9.17, 15) is 9.18 Å². The van der Waals surface area contributed by atoms with Gasteiger partial charge in [-0.3, -0.25) is 0 Å². The summed E-state index contributed by atoms with van der Waals surface area (Å²) in [4.78, 5) is 16.3. The Bertz CT molecular complexity index is 876. The monoisotopic (exact) mass is 453 g/mol. The summed E-state index contributed by atoms with van der Waals surface area (Å²) in [6, 6.07) is 9.20. The Balaban J connectivity index is 2.02. The number of hydrogen-bond donors (Lipinski definition) is 0. The van der Waals surface area contributed by atoms with Crippen LogP contribution in [0.5, 0.6) is 5.75 Å².